The molecule has 1 N–H and O–H groups in total. The Balaban J connectivity index is 1.38. The van der Waals surface area contributed by atoms with Crippen molar-refractivity contribution in [3.8, 4) is 10.8 Å². The molecule has 1 aliphatic rings. The minimum atomic E-state index is 0.0400. The van der Waals surface area contributed by atoms with Crippen LogP contribution in [-0.2, 0) is 17.8 Å². The van der Waals surface area contributed by atoms with Crippen LogP contribution in [0, 0.1) is 0 Å². The molecule has 6 nitrogen and oxygen atoms in total. The fourth-order valence-electron chi connectivity index (χ4n) is 3.89. The zero-order chi connectivity index (χ0) is 20.1. The van der Waals surface area contributed by atoms with E-state index in [1.807, 2.05) is 23.6 Å². The molecule has 0 unspecified atom stereocenters. The highest BCUT2D eigenvalue weighted by atomic mass is 32.1. The lowest BCUT2D eigenvalue weighted by Crippen LogP contribution is -2.39. The first-order chi connectivity index (χ1) is 14.2. The number of hydrogen-bond acceptors (Lipinski definition) is 6. The van der Waals surface area contributed by atoms with Gasteiger partial charge in [-0.3, -0.25) is 9.69 Å². The van der Waals surface area contributed by atoms with Crippen LogP contribution in [0.3, 0.4) is 0 Å². The van der Waals surface area contributed by atoms with Crippen LogP contribution < -0.4 is 5.32 Å². The number of carbonyl (C=O) groups is 1. The standard InChI is InChI=1S/C22H26N4O2S/c1-2-12-26(15-21-24-25-22(28-21)19-11-6-13-29-19)14-20(27)23-18-10-5-8-16-7-3-4-9-17(16)18/h3-4,6-7,9,11,13,18H,2,5,8,10,12,14-15H2,1H3,(H,23,27)/t18-/m0/s1. The monoisotopic (exact) mass is 410 g/mol. The SMILES string of the molecule is CCCN(CC(=O)N[C@H]1CCCc2ccccc21)Cc1nnc(-c2cccs2)o1. The predicted molar refractivity (Wildman–Crippen MR) is 113 cm³/mol. The molecule has 1 aromatic carbocycles. The smallest absolute Gasteiger partial charge is 0.257 e. The molecule has 1 aliphatic carbocycles. The number of thiophene rings is 1. The maximum Gasteiger partial charge on any atom is 0.257 e. The van der Waals surface area contributed by atoms with Crippen LogP contribution in [0.2, 0.25) is 0 Å². The van der Waals surface area contributed by atoms with Crippen molar-refractivity contribution in [1.82, 2.24) is 20.4 Å². The van der Waals surface area contributed by atoms with Gasteiger partial charge in [0.25, 0.3) is 5.89 Å². The van der Waals surface area contributed by atoms with Crippen molar-refractivity contribution in [2.24, 2.45) is 0 Å². The van der Waals surface area contributed by atoms with Crippen molar-refractivity contribution in [3.05, 3.63) is 58.8 Å². The van der Waals surface area contributed by atoms with Crippen LogP contribution in [0.4, 0.5) is 0 Å². The maximum atomic E-state index is 12.8. The first-order valence-corrected chi connectivity index (χ1v) is 11.1. The first kappa shape index (κ1) is 19.8. The Labute approximate surface area is 175 Å². The summed E-state index contributed by atoms with van der Waals surface area (Å²) in [5, 5.41) is 13.5. The van der Waals surface area contributed by atoms with Gasteiger partial charge in [-0.05, 0) is 54.8 Å². The van der Waals surface area contributed by atoms with Crippen LogP contribution in [0.5, 0.6) is 0 Å². The van der Waals surface area contributed by atoms with Gasteiger partial charge in [0.05, 0.1) is 24.0 Å². The molecule has 29 heavy (non-hydrogen) atoms. The zero-order valence-corrected chi connectivity index (χ0v) is 17.5. The van der Waals surface area contributed by atoms with E-state index in [1.165, 1.54) is 11.1 Å². The lowest BCUT2D eigenvalue weighted by atomic mass is 9.88. The average molecular weight is 411 g/mol. The molecule has 0 fully saturated rings. The molecule has 2 heterocycles. The third-order valence-electron chi connectivity index (χ3n) is 5.17. The number of amides is 1. The van der Waals surface area contributed by atoms with E-state index in [0.717, 1.165) is 37.1 Å². The van der Waals surface area contributed by atoms with Gasteiger partial charge in [-0.15, -0.1) is 21.5 Å². The lowest BCUT2D eigenvalue weighted by Gasteiger charge is -2.27. The Kier molecular flexibility index (Phi) is 6.36. The Morgan fingerprint density at radius 2 is 2.17 bits per heavy atom. The second kappa shape index (κ2) is 9.33. The highest BCUT2D eigenvalue weighted by Crippen LogP contribution is 2.29. The van der Waals surface area contributed by atoms with Crippen LogP contribution >= 0.6 is 11.3 Å². The summed E-state index contributed by atoms with van der Waals surface area (Å²) in [4.78, 5) is 15.8. The molecule has 152 valence electrons. The molecule has 0 saturated carbocycles. The number of nitrogens with zero attached hydrogens (tertiary/aromatic N) is 3. The number of rotatable bonds is 8. The average Bonchev–Trinajstić information content (AvgIpc) is 3.40. The molecule has 7 heteroatoms. The largest absolute Gasteiger partial charge is 0.419 e. The van der Waals surface area contributed by atoms with Gasteiger partial charge in [0.15, 0.2) is 0 Å². The molecular formula is C22H26N4O2S. The van der Waals surface area contributed by atoms with Crippen molar-refractivity contribution in [3.63, 3.8) is 0 Å². The highest BCUT2D eigenvalue weighted by Gasteiger charge is 2.23. The van der Waals surface area contributed by atoms with Gasteiger partial charge in [0, 0.05) is 0 Å². The second-order valence-corrected chi connectivity index (χ2v) is 8.35. The first-order valence-electron chi connectivity index (χ1n) is 10.2. The summed E-state index contributed by atoms with van der Waals surface area (Å²) >= 11 is 1.57. The van der Waals surface area contributed by atoms with Gasteiger partial charge in [-0.1, -0.05) is 37.3 Å². The summed E-state index contributed by atoms with van der Waals surface area (Å²) < 4.78 is 5.80. The number of benzene rings is 1. The maximum absolute atomic E-state index is 12.8. The molecule has 1 amide bonds. The van der Waals surface area contributed by atoms with Gasteiger partial charge >= 0.3 is 0 Å². The van der Waals surface area contributed by atoms with Crippen LogP contribution in [0.15, 0.2) is 46.2 Å². The molecular weight excluding hydrogens is 384 g/mol. The van der Waals surface area contributed by atoms with Crippen molar-refractivity contribution < 1.29 is 9.21 Å². The molecule has 4 rings (SSSR count). The highest BCUT2D eigenvalue weighted by molar-refractivity contribution is 7.13. The fraction of sp³-hybridized carbons (Fsp3) is 0.409. The summed E-state index contributed by atoms with van der Waals surface area (Å²) in [5.41, 5.74) is 2.60. The lowest BCUT2D eigenvalue weighted by molar-refractivity contribution is -0.123. The number of hydrogen-bond donors (Lipinski definition) is 1. The van der Waals surface area contributed by atoms with Crippen LogP contribution in [0.25, 0.3) is 10.8 Å². The summed E-state index contributed by atoms with van der Waals surface area (Å²) in [7, 11) is 0. The van der Waals surface area contributed by atoms with E-state index in [9.17, 15) is 4.79 Å². The minimum absolute atomic E-state index is 0.0400. The van der Waals surface area contributed by atoms with E-state index in [4.69, 9.17) is 4.42 Å². The number of nitrogens with one attached hydrogen (secondary N) is 1. The van der Waals surface area contributed by atoms with E-state index in [-0.39, 0.29) is 11.9 Å². The summed E-state index contributed by atoms with van der Waals surface area (Å²) in [5.74, 6) is 1.12. The number of carbonyl (C=O) groups excluding carboxylic acids is 1. The Bertz CT molecular complexity index is 938. The van der Waals surface area contributed by atoms with Crippen molar-refractivity contribution in [2.45, 2.75) is 45.2 Å². The Morgan fingerprint density at radius 1 is 1.28 bits per heavy atom. The van der Waals surface area contributed by atoms with Crippen LogP contribution in [0.1, 0.15) is 49.2 Å². The van der Waals surface area contributed by atoms with Gasteiger partial charge in [0.2, 0.25) is 11.8 Å². The number of fused-ring (bicyclic) bond motifs is 1. The van der Waals surface area contributed by atoms with Gasteiger partial charge in [-0.25, -0.2) is 0 Å². The third kappa shape index (κ3) is 4.92. The van der Waals surface area contributed by atoms with Crippen molar-refractivity contribution in [1.29, 1.82) is 0 Å². The number of aromatic nitrogens is 2. The minimum Gasteiger partial charge on any atom is -0.419 e. The molecule has 0 aliphatic heterocycles. The van der Waals surface area contributed by atoms with E-state index in [0.29, 0.717) is 24.9 Å². The molecule has 3 aromatic rings. The molecule has 0 radical (unpaired) electrons. The van der Waals surface area contributed by atoms with Crippen LogP contribution in [-0.4, -0.2) is 34.1 Å². The van der Waals surface area contributed by atoms with Crippen molar-refractivity contribution in [2.75, 3.05) is 13.1 Å². The van der Waals surface area contributed by atoms with E-state index in [1.54, 1.807) is 11.3 Å². The summed E-state index contributed by atoms with van der Waals surface area (Å²) in [6.45, 7) is 3.70. The van der Waals surface area contributed by atoms with Gasteiger partial charge in [-0.2, -0.15) is 0 Å². The fourth-order valence-corrected chi connectivity index (χ4v) is 4.53. The zero-order valence-electron chi connectivity index (χ0n) is 16.6. The summed E-state index contributed by atoms with van der Waals surface area (Å²) in [6, 6.07) is 12.4. The van der Waals surface area contributed by atoms with E-state index >= 15 is 0 Å². The Hall–Kier alpha value is -2.51. The van der Waals surface area contributed by atoms with E-state index < -0.39 is 0 Å². The van der Waals surface area contributed by atoms with Gasteiger partial charge in [0.1, 0.15) is 0 Å². The van der Waals surface area contributed by atoms with E-state index in [2.05, 4.69) is 45.5 Å². The Morgan fingerprint density at radius 3 is 3.00 bits per heavy atom. The molecule has 0 saturated heterocycles. The predicted octanol–water partition coefficient (Wildman–Crippen LogP) is 4.20. The molecule has 0 bridgehead atoms. The number of aryl methyl sites for hydroxylation is 1. The second-order valence-electron chi connectivity index (χ2n) is 7.40. The molecule has 2 aromatic heterocycles. The topological polar surface area (TPSA) is 71.3 Å². The van der Waals surface area contributed by atoms with Gasteiger partial charge < -0.3 is 9.73 Å². The van der Waals surface area contributed by atoms with Crippen molar-refractivity contribution >= 4 is 17.2 Å². The normalized spacial score (nSPS) is 16.0. The summed E-state index contributed by atoms with van der Waals surface area (Å²) in [6.07, 6.45) is 4.14. The molecule has 0 spiro atoms. The quantitative estimate of drug-likeness (QED) is 0.602. The third-order valence-corrected chi connectivity index (χ3v) is 6.03. The molecule has 1 atom stereocenters.